The quantitative estimate of drug-likeness (QED) is 0.754. The third-order valence-corrected chi connectivity index (χ3v) is 1.92. The van der Waals surface area contributed by atoms with Crippen molar-refractivity contribution in [2.75, 3.05) is 0 Å². The van der Waals surface area contributed by atoms with Gasteiger partial charge in [0.1, 0.15) is 5.82 Å². The molecule has 0 aliphatic heterocycles. The highest BCUT2D eigenvalue weighted by atomic mass is 19.1. The molecule has 1 rings (SSSR count). The molecule has 68 valence electrons. The van der Waals surface area contributed by atoms with Crippen LogP contribution < -0.4 is 5.73 Å². The molecule has 0 saturated heterocycles. The molecule has 0 fully saturated rings. The highest BCUT2D eigenvalue weighted by Gasteiger charge is 2.06. The maximum atomic E-state index is 12.9. The van der Waals surface area contributed by atoms with Crippen LogP contribution in [0.25, 0.3) is 0 Å². The van der Waals surface area contributed by atoms with Gasteiger partial charge in [-0.1, -0.05) is 6.92 Å². The monoisotopic (exact) mass is 178 g/mol. The summed E-state index contributed by atoms with van der Waals surface area (Å²) in [6.45, 7) is 1.92. The average molecular weight is 178 g/mol. The summed E-state index contributed by atoms with van der Waals surface area (Å²) in [7, 11) is 0. The normalized spacial score (nSPS) is 12.2. The lowest BCUT2D eigenvalue weighted by Crippen LogP contribution is -2.09. The predicted octanol–water partition coefficient (Wildman–Crippen LogP) is 2.11. The molecule has 0 aliphatic carbocycles. The minimum atomic E-state index is -0.405. The van der Waals surface area contributed by atoms with Gasteiger partial charge in [-0.25, -0.2) is 4.39 Å². The molecule has 1 aromatic rings. The number of rotatable bonds is 2. The van der Waals surface area contributed by atoms with Gasteiger partial charge < -0.3 is 5.73 Å². The number of benzene rings is 1. The molecule has 1 atom stereocenters. The number of nitrogens with zero attached hydrogens (tertiary/aromatic N) is 1. The van der Waals surface area contributed by atoms with Crippen LogP contribution >= 0.6 is 0 Å². The summed E-state index contributed by atoms with van der Waals surface area (Å²) in [5, 5.41) is 8.58. The Morgan fingerprint density at radius 3 is 2.77 bits per heavy atom. The van der Waals surface area contributed by atoms with Crippen molar-refractivity contribution in [1.29, 1.82) is 5.26 Å². The van der Waals surface area contributed by atoms with Gasteiger partial charge in [-0.05, 0) is 30.2 Å². The van der Waals surface area contributed by atoms with E-state index in [1.165, 1.54) is 12.1 Å². The van der Waals surface area contributed by atoms with Crippen LogP contribution in [0.1, 0.15) is 30.5 Å². The highest BCUT2D eigenvalue weighted by molar-refractivity contribution is 5.34. The topological polar surface area (TPSA) is 49.8 Å². The lowest BCUT2D eigenvalue weighted by Gasteiger charge is -2.08. The second-order valence-electron chi connectivity index (χ2n) is 2.90. The first kappa shape index (κ1) is 9.69. The molecule has 0 bridgehead atoms. The standard InChI is InChI=1S/C10H11FN2/c1-2-10(13)8-3-7(6-12)4-9(11)5-8/h3-5,10H,2,13H2,1H3/t10-/m0/s1. The third-order valence-electron chi connectivity index (χ3n) is 1.92. The van der Waals surface area contributed by atoms with Crippen molar-refractivity contribution >= 4 is 0 Å². The summed E-state index contributed by atoms with van der Waals surface area (Å²) in [5.74, 6) is -0.405. The molecule has 0 heterocycles. The Hall–Kier alpha value is -1.40. The van der Waals surface area contributed by atoms with E-state index in [9.17, 15) is 4.39 Å². The first-order valence-electron chi connectivity index (χ1n) is 4.13. The minimum Gasteiger partial charge on any atom is -0.324 e. The Bertz CT molecular complexity index is 341. The van der Waals surface area contributed by atoms with Crippen LogP contribution in [0.15, 0.2) is 18.2 Å². The first-order chi connectivity index (χ1) is 6.17. The van der Waals surface area contributed by atoms with E-state index in [4.69, 9.17) is 11.0 Å². The average Bonchev–Trinajstić information content (AvgIpc) is 2.15. The molecule has 13 heavy (non-hydrogen) atoms. The fourth-order valence-electron chi connectivity index (χ4n) is 1.13. The summed E-state index contributed by atoms with van der Waals surface area (Å²) >= 11 is 0. The van der Waals surface area contributed by atoms with Crippen molar-refractivity contribution < 1.29 is 4.39 Å². The molecule has 0 aliphatic rings. The molecule has 0 radical (unpaired) electrons. The van der Waals surface area contributed by atoms with Crippen LogP contribution in [-0.4, -0.2) is 0 Å². The van der Waals surface area contributed by atoms with Crippen molar-refractivity contribution in [1.82, 2.24) is 0 Å². The predicted molar refractivity (Wildman–Crippen MR) is 48.3 cm³/mol. The summed E-state index contributed by atoms with van der Waals surface area (Å²) in [4.78, 5) is 0. The van der Waals surface area contributed by atoms with Crippen molar-refractivity contribution in [2.45, 2.75) is 19.4 Å². The van der Waals surface area contributed by atoms with Crippen LogP contribution in [0.2, 0.25) is 0 Å². The smallest absolute Gasteiger partial charge is 0.124 e. The third kappa shape index (κ3) is 2.27. The number of halogens is 1. The molecule has 0 spiro atoms. The Morgan fingerprint density at radius 1 is 1.54 bits per heavy atom. The summed E-state index contributed by atoms with van der Waals surface area (Å²) in [6, 6.07) is 5.89. The van der Waals surface area contributed by atoms with E-state index in [1.807, 2.05) is 13.0 Å². The molecule has 0 amide bonds. The van der Waals surface area contributed by atoms with Gasteiger partial charge in [-0.15, -0.1) is 0 Å². The van der Waals surface area contributed by atoms with Crippen LogP contribution in [-0.2, 0) is 0 Å². The fraction of sp³-hybridized carbons (Fsp3) is 0.300. The molecule has 2 nitrogen and oxygen atoms in total. The molecular weight excluding hydrogens is 167 g/mol. The van der Waals surface area contributed by atoms with Crippen LogP contribution in [0.3, 0.4) is 0 Å². The van der Waals surface area contributed by atoms with Gasteiger partial charge in [-0.2, -0.15) is 5.26 Å². The second kappa shape index (κ2) is 4.01. The molecule has 3 heteroatoms. The lowest BCUT2D eigenvalue weighted by atomic mass is 10.0. The Labute approximate surface area is 76.8 Å². The van der Waals surface area contributed by atoms with Crippen LogP contribution in [0, 0.1) is 17.1 Å². The van der Waals surface area contributed by atoms with Crippen LogP contribution in [0.4, 0.5) is 4.39 Å². The van der Waals surface area contributed by atoms with Gasteiger partial charge in [0.05, 0.1) is 11.6 Å². The molecule has 0 aromatic heterocycles. The summed E-state index contributed by atoms with van der Waals surface area (Å²) in [5.41, 5.74) is 6.71. The Balaban J connectivity index is 3.10. The molecule has 2 N–H and O–H groups in total. The van der Waals surface area contributed by atoms with Gasteiger partial charge in [0.2, 0.25) is 0 Å². The number of hydrogen-bond acceptors (Lipinski definition) is 2. The van der Waals surface area contributed by atoms with Gasteiger partial charge in [0.25, 0.3) is 0 Å². The first-order valence-corrected chi connectivity index (χ1v) is 4.13. The summed E-state index contributed by atoms with van der Waals surface area (Å²) in [6.07, 6.45) is 0.730. The van der Waals surface area contributed by atoms with E-state index in [1.54, 1.807) is 6.07 Å². The SMILES string of the molecule is CC[C@H](N)c1cc(F)cc(C#N)c1. The summed E-state index contributed by atoms with van der Waals surface area (Å²) < 4.78 is 12.9. The fourth-order valence-corrected chi connectivity index (χ4v) is 1.13. The van der Waals surface area contributed by atoms with Gasteiger partial charge >= 0.3 is 0 Å². The van der Waals surface area contributed by atoms with Crippen LogP contribution in [0.5, 0.6) is 0 Å². The van der Waals surface area contributed by atoms with E-state index >= 15 is 0 Å². The van der Waals surface area contributed by atoms with E-state index in [0.29, 0.717) is 11.1 Å². The zero-order valence-electron chi connectivity index (χ0n) is 7.42. The van der Waals surface area contributed by atoms with Crippen molar-refractivity contribution in [3.05, 3.63) is 35.1 Å². The Kier molecular flexibility index (Phi) is 2.99. The van der Waals surface area contributed by atoms with E-state index in [0.717, 1.165) is 6.42 Å². The molecule has 0 unspecified atom stereocenters. The number of nitriles is 1. The van der Waals surface area contributed by atoms with Crippen molar-refractivity contribution in [3.63, 3.8) is 0 Å². The van der Waals surface area contributed by atoms with Gasteiger partial charge in [-0.3, -0.25) is 0 Å². The number of nitrogens with two attached hydrogens (primary N) is 1. The molecule has 1 aromatic carbocycles. The van der Waals surface area contributed by atoms with Gasteiger partial charge in [0.15, 0.2) is 0 Å². The zero-order chi connectivity index (χ0) is 9.84. The van der Waals surface area contributed by atoms with Crippen molar-refractivity contribution in [2.24, 2.45) is 5.73 Å². The van der Waals surface area contributed by atoms with E-state index < -0.39 is 5.82 Å². The van der Waals surface area contributed by atoms with E-state index in [2.05, 4.69) is 0 Å². The van der Waals surface area contributed by atoms with E-state index in [-0.39, 0.29) is 6.04 Å². The zero-order valence-corrected chi connectivity index (χ0v) is 7.42. The maximum absolute atomic E-state index is 12.9. The lowest BCUT2D eigenvalue weighted by molar-refractivity contribution is 0.616. The number of hydrogen-bond donors (Lipinski definition) is 1. The van der Waals surface area contributed by atoms with Crippen molar-refractivity contribution in [3.8, 4) is 6.07 Å². The highest BCUT2D eigenvalue weighted by Crippen LogP contribution is 2.16. The second-order valence-corrected chi connectivity index (χ2v) is 2.90. The van der Waals surface area contributed by atoms with Gasteiger partial charge in [0, 0.05) is 6.04 Å². The minimum absolute atomic E-state index is 0.192. The Morgan fingerprint density at radius 2 is 2.23 bits per heavy atom. The molecule has 0 saturated carbocycles. The largest absolute Gasteiger partial charge is 0.324 e. The maximum Gasteiger partial charge on any atom is 0.124 e. The molecular formula is C10H11FN2.